The average Bonchev–Trinajstić information content (AvgIpc) is 2.26. The van der Waals surface area contributed by atoms with Gasteiger partial charge in [-0.25, -0.2) is 4.98 Å². The van der Waals surface area contributed by atoms with E-state index in [2.05, 4.69) is 15.2 Å². The fourth-order valence-corrected chi connectivity index (χ4v) is 1.58. The van der Waals surface area contributed by atoms with E-state index in [0.717, 1.165) is 31.5 Å². The molecule has 0 fully saturated rings. The Labute approximate surface area is 110 Å². The number of rotatable bonds is 6. The van der Waals surface area contributed by atoms with E-state index in [4.69, 9.17) is 5.73 Å². The van der Waals surface area contributed by atoms with Crippen LogP contribution in [0.3, 0.4) is 0 Å². The molecule has 0 aliphatic rings. The number of halogens is 3. The average molecular weight is 276 g/mol. The van der Waals surface area contributed by atoms with Gasteiger partial charge in [-0.05, 0) is 45.6 Å². The summed E-state index contributed by atoms with van der Waals surface area (Å²) in [5.74, 6) is 0.0304. The predicted octanol–water partition coefficient (Wildman–Crippen LogP) is 2.44. The third-order valence-electron chi connectivity index (χ3n) is 2.51. The predicted molar refractivity (Wildman–Crippen MR) is 69.9 cm³/mol. The quantitative estimate of drug-likeness (QED) is 0.784. The first kappa shape index (κ1) is 15.6. The molecule has 7 heteroatoms. The van der Waals surface area contributed by atoms with Crippen LogP contribution in [0.2, 0.25) is 0 Å². The standard InChI is InChI=1S/C12H19F3N4/c1-19(2)6-4-3-5-17-11-8-9(12(13,14)15)7-10(16)18-11/h7-8H,3-6H2,1-2H3,(H3,16,17,18). The van der Waals surface area contributed by atoms with Crippen LogP contribution in [0, 0.1) is 0 Å². The van der Waals surface area contributed by atoms with Gasteiger partial charge < -0.3 is 16.0 Å². The lowest BCUT2D eigenvalue weighted by molar-refractivity contribution is -0.137. The zero-order chi connectivity index (χ0) is 14.5. The summed E-state index contributed by atoms with van der Waals surface area (Å²) in [6.45, 7) is 1.52. The monoisotopic (exact) mass is 276 g/mol. The number of hydrogen-bond donors (Lipinski definition) is 2. The number of alkyl halides is 3. The molecule has 0 aromatic carbocycles. The van der Waals surface area contributed by atoms with Crippen molar-refractivity contribution in [3.8, 4) is 0 Å². The minimum absolute atomic E-state index is 0.134. The molecule has 0 spiro atoms. The minimum atomic E-state index is -4.40. The van der Waals surface area contributed by atoms with Crippen LogP contribution >= 0.6 is 0 Å². The number of hydrogen-bond acceptors (Lipinski definition) is 4. The molecule has 0 saturated heterocycles. The maximum Gasteiger partial charge on any atom is 0.416 e. The van der Waals surface area contributed by atoms with Gasteiger partial charge in [0.15, 0.2) is 0 Å². The first-order valence-electron chi connectivity index (χ1n) is 6.02. The van der Waals surface area contributed by atoms with Crippen molar-refractivity contribution in [2.75, 3.05) is 38.2 Å². The SMILES string of the molecule is CN(C)CCCCNc1cc(C(F)(F)F)cc(N)n1. The normalized spacial score (nSPS) is 11.9. The molecule has 0 amide bonds. The summed E-state index contributed by atoms with van der Waals surface area (Å²) in [5, 5.41) is 2.86. The second-order valence-electron chi connectivity index (χ2n) is 4.60. The van der Waals surface area contributed by atoms with E-state index in [1.807, 2.05) is 14.1 Å². The highest BCUT2D eigenvalue weighted by Gasteiger charge is 2.31. The number of nitrogens with zero attached hydrogens (tertiary/aromatic N) is 2. The van der Waals surface area contributed by atoms with Crippen LogP contribution in [0.4, 0.5) is 24.8 Å². The van der Waals surface area contributed by atoms with Crippen molar-refractivity contribution in [3.05, 3.63) is 17.7 Å². The highest BCUT2D eigenvalue weighted by molar-refractivity contribution is 5.47. The minimum Gasteiger partial charge on any atom is -0.384 e. The Balaban J connectivity index is 2.52. The molecule has 4 nitrogen and oxygen atoms in total. The van der Waals surface area contributed by atoms with Gasteiger partial charge in [0, 0.05) is 6.54 Å². The molecule has 1 aromatic rings. The molecule has 0 bridgehead atoms. The van der Waals surface area contributed by atoms with Crippen molar-refractivity contribution in [3.63, 3.8) is 0 Å². The Hall–Kier alpha value is -1.50. The molecule has 0 radical (unpaired) electrons. The molecule has 1 rings (SSSR count). The summed E-state index contributed by atoms with van der Waals surface area (Å²) in [4.78, 5) is 5.89. The molecular formula is C12H19F3N4. The molecule has 0 saturated carbocycles. The van der Waals surface area contributed by atoms with E-state index < -0.39 is 11.7 Å². The fourth-order valence-electron chi connectivity index (χ4n) is 1.58. The molecule has 19 heavy (non-hydrogen) atoms. The van der Waals surface area contributed by atoms with Gasteiger partial charge in [0.25, 0.3) is 0 Å². The molecule has 1 heterocycles. The van der Waals surface area contributed by atoms with Gasteiger partial charge in [0.2, 0.25) is 0 Å². The van der Waals surface area contributed by atoms with Crippen LogP contribution in [-0.2, 0) is 6.18 Å². The number of unbranched alkanes of at least 4 members (excludes halogenated alkanes) is 1. The summed E-state index contributed by atoms with van der Waals surface area (Å²) in [6.07, 6.45) is -2.58. The number of nitrogens with one attached hydrogen (secondary N) is 1. The van der Waals surface area contributed by atoms with Crippen molar-refractivity contribution in [1.29, 1.82) is 0 Å². The fraction of sp³-hybridized carbons (Fsp3) is 0.583. The third kappa shape index (κ3) is 5.78. The second-order valence-corrected chi connectivity index (χ2v) is 4.60. The summed E-state index contributed by atoms with van der Waals surface area (Å²) in [5.41, 5.74) is 4.59. The second kappa shape index (κ2) is 6.60. The van der Waals surface area contributed by atoms with E-state index in [1.165, 1.54) is 0 Å². The van der Waals surface area contributed by atoms with Crippen LogP contribution in [0.5, 0.6) is 0 Å². The number of nitrogens with two attached hydrogens (primary N) is 1. The van der Waals surface area contributed by atoms with Crippen LogP contribution in [0.1, 0.15) is 18.4 Å². The van der Waals surface area contributed by atoms with Crippen molar-refractivity contribution in [1.82, 2.24) is 9.88 Å². The summed E-state index contributed by atoms with van der Waals surface area (Å²) in [7, 11) is 3.95. The van der Waals surface area contributed by atoms with Gasteiger partial charge in [0.05, 0.1) is 5.56 Å². The third-order valence-corrected chi connectivity index (χ3v) is 2.51. The number of pyridine rings is 1. The van der Waals surface area contributed by atoms with E-state index in [9.17, 15) is 13.2 Å². The zero-order valence-electron chi connectivity index (χ0n) is 11.1. The molecule has 0 aliphatic heterocycles. The first-order valence-corrected chi connectivity index (χ1v) is 6.02. The molecular weight excluding hydrogens is 257 g/mol. The maximum absolute atomic E-state index is 12.6. The van der Waals surface area contributed by atoms with Crippen molar-refractivity contribution in [2.45, 2.75) is 19.0 Å². The largest absolute Gasteiger partial charge is 0.416 e. The van der Waals surface area contributed by atoms with Gasteiger partial charge in [-0.3, -0.25) is 0 Å². The Morgan fingerprint density at radius 3 is 2.53 bits per heavy atom. The van der Waals surface area contributed by atoms with Crippen molar-refractivity contribution >= 4 is 11.6 Å². The first-order chi connectivity index (χ1) is 8.79. The Bertz CT molecular complexity index is 404. The number of nitrogen functional groups attached to an aromatic ring is 1. The zero-order valence-corrected chi connectivity index (χ0v) is 11.1. The van der Waals surface area contributed by atoms with Crippen LogP contribution in [0.25, 0.3) is 0 Å². The van der Waals surface area contributed by atoms with E-state index in [1.54, 1.807) is 0 Å². The van der Waals surface area contributed by atoms with Gasteiger partial charge in [-0.1, -0.05) is 0 Å². The highest BCUT2D eigenvalue weighted by atomic mass is 19.4. The Kier molecular flexibility index (Phi) is 5.41. The van der Waals surface area contributed by atoms with Crippen LogP contribution in [0.15, 0.2) is 12.1 Å². The molecule has 0 aliphatic carbocycles. The number of anilines is 2. The van der Waals surface area contributed by atoms with Crippen molar-refractivity contribution in [2.24, 2.45) is 0 Å². The summed E-state index contributed by atoms with van der Waals surface area (Å²) >= 11 is 0. The molecule has 0 unspecified atom stereocenters. The molecule has 1 aromatic heterocycles. The van der Waals surface area contributed by atoms with Crippen LogP contribution < -0.4 is 11.1 Å². The smallest absolute Gasteiger partial charge is 0.384 e. The van der Waals surface area contributed by atoms with Crippen molar-refractivity contribution < 1.29 is 13.2 Å². The summed E-state index contributed by atoms with van der Waals surface area (Å²) in [6, 6.07) is 1.81. The topological polar surface area (TPSA) is 54.2 Å². The Morgan fingerprint density at radius 1 is 1.26 bits per heavy atom. The Morgan fingerprint density at radius 2 is 1.95 bits per heavy atom. The highest BCUT2D eigenvalue weighted by Crippen LogP contribution is 2.31. The molecule has 3 N–H and O–H groups in total. The van der Waals surface area contributed by atoms with Gasteiger partial charge in [-0.15, -0.1) is 0 Å². The van der Waals surface area contributed by atoms with E-state index >= 15 is 0 Å². The number of aromatic nitrogens is 1. The lowest BCUT2D eigenvalue weighted by Gasteiger charge is -2.12. The lowest BCUT2D eigenvalue weighted by Crippen LogP contribution is -2.15. The maximum atomic E-state index is 12.6. The molecule has 108 valence electrons. The van der Waals surface area contributed by atoms with Gasteiger partial charge in [-0.2, -0.15) is 13.2 Å². The van der Waals surface area contributed by atoms with E-state index in [0.29, 0.717) is 6.54 Å². The van der Waals surface area contributed by atoms with Gasteiger partial charge in [0.1, 0.15) is 11.6 Å². The molecule has 0 atom stereocenters. The lowest BCUT2D eigenvalue weighted by atomic mass is 10.2. The van der Waals surface area contributed by atoms with E-state index in [-0.39, 0.29) is 11.6 Å². The van der Waals surface area contributed by atoms with Gasteiger partial charge >= 0.3 is 6.18 Å². The van der Waals surface area contributed by atoms with Crippen LogP contribution in [-0.4, -0.2) is 37.1 Å². The summed E-state index contributed by atoms with van der Waals surface area (Å²) < 4.78 is 37.7.